The molecule has 0 radical (unpaired) electrons. The zero-order chi connectivity index (χ0) is 23.3. The van der Waals surface area contributed by atoms with Crippen LogP contribution in [0.15, 0.2) is 23.0 Å². The first-order valence-corrected chi connectivity index (χ1v) is 9.20. The quantitative estimate of drug-likeness (QED) is 0.564. The highest BCUT2D eigenvalue weighted by Gasteiger charge is 2.31. The summed E-state index contributed by atoms with van der Waals surface area (Å²) in [5, 5.41) is 19.8. The molecule has 31 heavy (non-hydrogen) atoms. The van der Waals surface area contributed by atoms with Gasteiger partial charge >= 0.3 is 11.9 Å². The first kappa shape index (κ1) is 23.6. The van der Waals surface area contributed by atoms with Crippen LogP contribution in [-0.4, -0.2) is 55.2 Å². The van der Waals surface area contributed by atoms with Crippen molar-refractivity contribution >= 4 is 11.9 Å². The lowest BCUT2D eigenvalue weighted by Gasteiger charge is -2.23. The Kier molecular flexibility index (Phi) is 7.51. The molecular formula is C21H25NO9. The van der Waals surface area contributed by atoms with Gasteiger partial charge in [0.2, 0.25) is 5.75 Å². The van der Waals surface area contributed by atoms with Crippen molar-refractivity contribution in [1.82, 2.24) is 4.57 Å². The van der Waals surface area contributed by atoms with Gasteiger partial charge in [0.1, 0.15) is 12.3 Å². The third-order valence-electron chi connectivity index (χ3n) is 4.87. The largest absolute Gasteiger partial charge is 0.507 e. The smallest absolute Gasteiger partial charge is 0.323 e. The predicted molar refractivity (Wildman–Crippen MR) is 109 cm³/mol. The SMILES string of the molecule is COC(=O)CC(c1ccc(OC)c(OC)c1OC)c1c(O)cc(C)n(CC(=O)O)c1=O. The second kappa shape index (κ2) is 9.88. The molecule has 2 rings (SSSR count). The van der Waals surface area contributed by atoms with Crippen LogP contribution in [0.25, 0.3) is 0 Å². The van der Waals surface area contributed by atoms with Crippen molar-refractivity contribution in [3.63, 3.8) is 0 Å². The van der Waals surface area contributed by atoms with Gasteiger partial charge in [-0.25, -0.2) is 0 Å². The molecule has 1 atom stereocenters. The summed E-state index contributed by atoms with van der Waals surface area (Å²) in [5.74, 6) is -2.49. The molecule has 2 aromatic rings. The van der Waals surface area contributed by atoms with Gasteiger partial charge in [0.25, 0.3) is 5.56 Å². The number of aromatic hydroxyl groups is 1. The third kappa shape index (κ3) is 4.73. The number of hydrogen-bond acceptors (Lipinski definition) is 8. The number of carboxylic acids is 1. The molecule has 0 bridgehead atoms. The maximum absolute atomic E-state index is 13.2. The number of esters is 1. The number of pyridine rings is 1. The van der Waals surface area contributed by atoms with Gasteiger partial charge in [-0.2, -0.15) is 0 Å². The minimum Gasteiger partial charge on any atom is -0.507 e. The lowest BCUT2D eigenvalue weighted by atomic mass is 9.87. The molecule has 1 aromatic carbocycles. The highest BCUT2D eigenvalue weighted by molar-refractivity contribution is 5.73. The van der Waals surface area contributed by atoms with E-state index >= 15 is 0 Å². The number of ether oxygens (including phenoxy) is 4. The summed E-state index contributed by atoms with van der Waals surface area (Å²) >= 11 is 0. The van der Waals surface area contributed by atoms with Crippen LogP contribution < -0.4 is 19.8 Å². The van der Waals surface area contributed by atoms with Crippen molar-refractivity contribution in [3.8, 4) is 23.0 Å². The maximum atomic E-state index is 13.2. The van der Waals surface area contributed by atoms with Gasteiger partial charge in [-0.1, -0.05) is 6.07 Å². The summed E-state index contributed by atoms with van der Waals surface area (Å²) < 4.78 is 21.9. The molecule has 0 aliphatic carbocycles. The molecule has 0 amide bonds. The van der Waals surface area contributed by atoms with Crippen LogP contribution in [0.1, 0.15) is 29.2 Å². The van der Waals surface area contributed by atoms with Crippen LogP contribution in [0.3, 0.4) is 0 Å². The fourth-order valence-electron chi connectivity index (χ4n) is 3.44. The molecule has 0 aliphatic rings. The molecule has 1 aromatic heterocycles. The molecule has 168 valence electrons. The molecule has 1 heterocycles. The van der Waals surface area contributed by atoms with E-state index in [1.165, 1.54) is 41.4 Å². The van der Waals surface area contributed by atoms with E-state index in [1.807, 2.05) is 0 Å². The monoisotopic (exact) mass is 435 g/mol. The number of nitrogens with zero attached hydrogens (tertiary/aromatic N) is 1. The average molecular weight is 435 g/mol. The summed E-state index contributed by atoms with van der Waals surface area (Å²) in [6.45, 7) is 0.895. The molecule has 0 saturated heterocycles. The molecule has 0 aliphatic heterocycles. The van der Waals surface area contributed by atoms with E-state index in [1.54, 1.807) is 12.1 Å². The fraction of sp³-hybridized carbons (Fsp3) is 0.381. The van der Waals surface area contributed by atoms with Gasteiger partial charge in [-0.3, -0.25) is 14.4 Å². The number of carboxylic acid groups (broad SMARTS) is 1. The zero-order valence-corrected chi connectivity index (χ0v) is 17.9. The van der Waals surface area contributed by atoms with Gasteiger partial charge < -0.3 is 33.7 Å². The van der Waals surface area contributed by atoms with E-state index in [2.05, 4.69) is 0 Å². The summed E-state index contributed by atoms with van der Waals surface area (Å²) in [6.07, 6.45) is -0.318. The van der Waals surface area contributed by atoms with Gasteiger partial charge in [0.15, 0.2) is 11.5 Å². The van der Waals surface area contributed by atoms with E-state index in [4.69, 9.17) is 18.9 Å². The van der Waals surface area contributed by atoms with Crippen LogP contribution in [0, 0.1) is 6.92 Å². The zero-order valence-electron chi connectivity index (χ0n) is 17.9. The molecule has 1 unspecified atom stereocenters. The van der Waals surface area contributed by atoms with E-state index in [0.717, 1.165) is 4.57 Å². The van der Waals surface area contributed by atoms with E-state index in [0.29, 0.717) is 11.3 Å². The molecule has 10 heteroatoms. The van der Waals surface area contributed by atoms with E-state index in [9.17, 15) is 24.6 Å². The Hall–Kier alpha value is -3.69. The molecule has 2 N–H and O–H groups in total. The standard InChI is InChI=1S/C21H25NO9/c1-11-8-14(23)18(21(27)22(11)10-16(24)25)13(9-17(26)29-3)12-6-7-15(28-2)20(31-5)19(12)30-4/h6-8,13,23H,9-10H2,1-5H3,(H,24,25). The number of carbonyl (C=O) groups excluding carboxylic acids is 1. The summed E-state index contributed by atoms with van der Waals surface area (Å²) in [4.78, 5) is 36.6. The minimum atomic E-state index is -1.23. The highest BCUT2D eigenvalue weighted by Crippen LogP contribution is 2.45. The number of aryl methyl sites for hydroxylation is 1. The second-order valence-corrected chi connectivity index (χ2v) is 6.63. The molecule has 0 spiro atoms. The summed E-state index contributed by atoms with van der Waals surface area (Å²) in [6, 6.07) is 4.42. The lowest BCUT2D eigenvalue weighted by Crippen LogP contribution is -2.31. The number of methoxy groups -OCH3 is 4. The van der Waals surface area contributed by atoms with Crippen LogP contribution in [-0.2, 0) is 20.9 Å². The molecular weight excluding hydrogens is 410 g/mol. The maximum Gasteiger partial charge on any atom is 0.323 e. The fourth-order valence-corrected chi connectivity index (χ4v) is 3.44. The summed E-state index contributed by atoms with van der Waals surface area (Å²) in [5.41, 5.74) is -0.304. The van der Waals surface area contributed by atoms with Crippen LogP contribution in [0.4, 0.5) is 0 Å². The summed E-state index contributed by atoms with van der Waals surface area (Å²) in [7, 11) is 5.43. The van der Waals surface area contributed by atoms with Gasteiger partial charge in [-0.15, -0.1) is 0 Å². The molecule has 0 fully saturated rings. The van der Waals surface area contributed by atoms with Crippen molar-refractivity contribution in [3.05, 3.63) is 45.4 Å². The number of aromatic nitrogens is 1. The van der Waals surface area contributed by atoms with Gasteiger partial charge in [-0.05, 0) is 19.1 Å². The number of carbonyl (C=O) groups is 2. The van der Waals surface area contributed by atoms with Gasteiger partial charge in [0, 0.05) is 17.2 Å². The Bertz CT molecular complexity index is 1040. The first-order valence-electron chi connectivity index (χ1n) is 9.20. The Labute approximate surface area is 178 Å². The number of rotatable bonds is 9. The predicted octanol–water partition coefficient (Wildman–Crippen LogP) is 1.67. The van der Waals surface area contributed by atoms with Crippen molar-refractivity contribution in [2.24, 2.45) is 0 Å². The Morgan fingerprint density at radius 3 is 2.23 bits per heavy atom. The molecule has 0 saturated carbocycles. The Balaban J connectivity index is 2.86. The van der Waals surface area contributed by atoms with E-state index < -0.39 is 30.0 Å². The topological polar surface area (TPSA) is 134 Å². The van der Waals surface area contributed by atoms with Crippen molar-refractivity contribution in [2.45, 2.75) is 25.8 Å². The van der Waals surface area contributed by atoms with Crippen molar-refractivity contribution < 1.29 is 38.7 Å². The first-order chi connectivity index (χ1) is 14.7. The molecule has 10 nitrogen and oxygen atoms in total. The third-order valence-corrected chi connectivity index (χ3v) is 4.87. The lowest BCUT2D eigenvalue weighted by molar-refractivity contribution is -0.141. The van der Waals surface area contributed by atoms with Gasteiger partial charge in [0.05, 0.1) is 40.4 Å². The number of hydrogen-bond donors (Lipinski definition) is 2. The van der Waals surface area contributed by atoms with Crippen LogP contribution in [0.5, 0.6) is 23.0 Å². The number of aliphatic carboxylic acids is 1. The minimum absolute atomic E-state index is 0.164. The second-order valence-electron chi connectivity index (χ2n) is 6.63. The highest BCUT2D eigenvalue weighted by atomic mass is 16.5. The Morgan fingerprint density at radius 2 is 1.71 bits per heavy atom. The van der Waals surface area contributed by atoms with Crippen molar-refractivity contribution in [2.75, 3.05) is 28.4 Å². The average Bonchev–Trinajstić information content (AvgIpc) is 2.74. The van der Waals surface area contributed by atoms with Crippen LogP contribution >= 0.6 is 0 Å². The normalized spacial score (nSPS) is 11.5. The van der Waals surface area contributed by atoms with Crippen LogP contribution in [0.2, 0.25) is 0 Å². The van der Waals surface area contributed by atoms with E-state index in [-0.39, 0.29) is 34.9 Å². The Morgan fingerprint density at radius 1 is 1.06 bits per heavy atom. The number of benzene rings is 1. The van der Waals surface area contributed by atoms with Crippen molar-refractivity contribution in [1.29, 1.82) is 0 Å².